The van der Waals surface area contributed by atoms with Crippen LogP contribution in [0, 0.1) is 6.92 Å². The van der Waals surface area contributed by atoms with Crippen molar-refractivity contribution in [2.45, 2.75) is 45.9 Å². The zero-order valence-electron chi connectivity index (χ0n) is 16.6. The maximum atomic E-state index is 6.16. The van der Waals surface area contributed by atoms with Gasteiger partial charge in [-0.1, -0.05) is 70.5 Å². The molecule has 3 rings (SSSR count). The predicted octanol–water partition coefficient (Wildman–Crippen LogP) is 6.45. The molecule has 0 radical (unpaired) electrons. The normalized spacial score (nSPS) is 12.0. The van der Waals surface area contributed by atoms with Crippen LogP contribution in [0.2, 0.25) is 0 Å². The smallest absolute Gasteiger partial charge is 0.124 e. The van der Waals surface area contributed by atoms with Crippen LogP contribution in [0.15, 0.2) is 77.3 Å². The third-order valence-corrected chi connectivity index (χ3v) is 5.51. The largest absolute Gasteiger partial charge is 0.489 e. The SMILES string of the molecule is Cc1ccccc1COc1ccc(Br)cc1CN[C@H](C)CCc1ccccc1. The van der Waals surface area contributed by atoms with E-state index in [1.165, 1.54) is 22.3 Å². The fraction of sp³-hybridized carbons (Fsp3) is 0.280. The maximum absolute atomic E-state index is 6.16. The average molecular weight is 438 g/mol. The Morgan fingerprint density at radius 3 is 2.46 bits per heavy atom. The van der Waals surface area contributed by atoms with Crippen LogP contribution in [0.5, 0.6) is 5.75 Å². The first kappa shape index (κ1) is 20.6. The lowest BCUT2D eigenvalue weighted by Gasteiger charge is -2.17. The molecule has 0 fully saturated rings. The van der Waals surface area contributed by atoms with Crippen molar-refractivity contribution in [1.29, 1.82) is 0 Å². The molecular weight excluding hydrogens is 410 g/mol. The molecule has 3 aromatic rings. The molecule has 0 spiro atoms. The van der Waals surface area contributed by atoms with Crippen molar-refractivity contribution < 1.29 is 4.74 Å². The van der Waals surface area contributed by atoms with Gasteiger partial charge >= 0.3 is 0 Å². The molecule has 2 nitrogen and oxygen atoms in total. The fourth-order valence-electron chi connectivity index (χ4n) is 3.17. The molecule has 0 amide bonds. The minimum Gasteiger partial charge on any atom is -0.489 e. The van der Waals surface area contributed by atoms with Crippen LogP contribution in [-0.2, 0) is 19.6 Å². The summed E-state index contributed by atoms with van der Waals surface area (Å²) < 4.78 is 7.23. The van der Waals surface area contributed by atoms with E-state index < -0.39 is 0 Å². The Balaban J connectivity index is 1.57. The van der Waals surface area contributed by atoms with Gasteiger partial charge in [0, 0.05) is 22.6 Å². The summed E-state index contributed by atoms with van der Waals surface area (Å²) in [7, 11) is 0. The topological polar surface area (TPSA) is 21.3 Å². The van der Waals surface area contributed by atoms with E-state index in [4.69, 9.17) is 4.74 Å². The number of aryl methyl sites for hydroxylation is 2. The highest BCUT2D eigenvalue weighted by Crippen LogP contribution is 2.25. The van der Waals surface area contributed by atoms with E-state index in [1.807, 2.05) is 12.1 Å². The fourth-order valence-corrected chi connectivity index (χ4v) is 3.58. The average Bonchev–Trinajstić information content (AvgIpc) is 2.72. The van der Waals surface area contributed by atoms with Crippen molar-refractivity contribution >= 4 is 15.9 Å². The van der Waals surface area contributed by atoms with Crippen LogP contribution in [0.25, 0.3) is 0 Å². The molecule has 0 aromatic heterocycles. The molecule has 1 atom stereocenters. The lowest BCUT2D eigenvalue weighted by Crippen LogP contribution is -2.26. The van der Waals surface area contributed by atoms with E-state index in [2.05, 4.69) is 95.8 Å². The number of ether oxygens (including phenoxy) is 1. The zero-order valence-corrected chi connectivity index (χ0v) is 18.2. The van der Waals surface area contributed by atoms with E-state index in [1.54, 1.807) is 0 Å². The van der Waals surface area contributed by atoms with Gasteiger partial charge in [0.15, 0.2) is 0 Å². The molecule has 0 aliphatic rings. The van der Waals surface area contributed by atoms with E-state index >= 15 is 0 Å². The van der Waals surface area contributed by atoms with Crippen molar-refractivity contribution in [1.82, 2.24) is 5.32 Å². The monoisotopic (exact) mass is 437 g/mol. The molecule has 0 unspecified atom stereocenters. The third-order valence-electron chi connectivity index (χ3n) is 5.02. The maximum Gasteiger partial charge on any atom is 0.124 e. The summed E-state index contributed by atoms with van der Waals surface area (Å²) in [5, 5.41) is 3.65. The van der Waals surface area contributed by atoms with Gasteiger partial charge in [0.25, 0.3) is 0 Å². The number of benzene rings is 3. The zero-order chi connectivity index (χ0) is 19.8. The summed E-state index contributed by atoms with van der Waals surface area (Å²) in [4.78, 5) is 0. The number of hydrogen-bond acceptors (Lipinski definition) is 2. The summed E-state index contributed by atoms with van der Waals surface area (Å²) in [5.74, 6) is 0.939. The predicted molar refractivity (Wildman–Crippen MR) is 121 cm³/mol. The number of nitrogens with one attached hydrogen (secondary N) is 1. The minimum absolute atomic E-state index is 0.434. The second-order valence-electron chi connectivity index (χ2n) is 7.27. The van der Waals surface area contributed by atoms with Crippen LogP contribution in [-0.4, -0.2) is 6.04 Å². The molecule has 146 valence electrons. The molecule has 3 aromatic carbocycles. The van der Waals surface area contributed by atoms with Crippen LogP contribution in [0.4, 0.5) is 0 Å². The lowest BCUT2D eigenvalue weighted by atomic mass is 10.1. The van der Waals surface area contributed by atoms with Gasteiger partial charge in [-0.15, -0.1) is 0 Å². The quantitative estimate of drug-likeness (QED) is 0.415. The Bertz CT molecular complexity index is 879. The summed E-state index contributed by atoms with van der Waals surface area (Å²) >= 11 is 3.59. The molecule has 0 bridgehead atoms. The van der Waals surface area contributed by atoms with Gasteiger partial charge in [-0.25, -0.2) is 0 Å². The molecule has 0 saturated carbocycles. The molecule has 0 saturated heterocycles. The third kappa shape index (κ3) is 6.22. The number of rotatable bonds is 9. The summed E-state index contributed by atoms with van der Waals surface area (Å²) in [6.45, 7) is 5.75. The molecule has 0 aliphatic heterocycles. The second kappa shape index (κ2) is 10.4. The van der Waals surface area contributed by atoms with Crippen molar-refractivity contribution in [2.24, 2.45) is 0 Å². The summed E-state index contributed by atoms with van der Waals surface area (Å²) in [5.41, 5.74) is 5.05. The van der Waals surface area contributed by atoms with Gasteiger partial charge < -0.3 is 10.1 Å². The van der Waals surface area contributed by atoms with Crippen LogP contribution in [0.1, 0.15) is 35.6 Å². The van der Waals surface area contributed by atoms with Gasteiger partial charge in [-0.3, -0.25) is 0 Å². The Hall–Kier alpha value is -2.10. The standard InChI is InChI=1S/C25H28BrNO/c1-19-8-6-7-11-22(19)18-28-25-15-14-24(26)16-23(25)17-27-20(2)12-13-21-9-4-3-5-10-21/h3-11,14-16,20,27H,12-13,17-18H2,1-2H3/t20-/m1/s1. The van der Waals surface area contributed by atoms with Crippen LogP contribution in [0.3, 0.4) is 0 Å². The molecular formula is C25H28BrNO. The van der Waals surface area contributed by atoms with E-state index in [0.717, 1.165) is 29.6 Å². The molecule has 3 heteroatoms. The van der Waals surface area contributed by atoms with Crippen molar-refractivity contribution in [3.05, 3.63) is 99.5 Å². The highest BCUT2D eigenvalue weighted by atomic mass is 79.9. The first-order valence-corrected chi connectivity index (χ1v) is 10.6. The molecule has 0 aliphatic carbocycles. The van der Waals surface area contributed by atoms with E-state index in [0.29, 0.717) is 12.6 Å². The minimum atomic E-state index is 0.434. The van der Waals surface area contributed by atoms with Crippen LogP contribution < -0.4 is 10.1 Å². The van der Waals surface area contributed by atoms with Gasteiger partial charge in [0.1, 0.15) is 12.4 Å². The highest BCUT2D eigenvalue weighted by Gasteiger charge is 2.09. The Morgan fingerprint density at radius 2 is 1.68 bits per heavy atom. The Morgan fingerprint density at radius 1 is 0.929 bits per heavy atom. The first-order valence-electron chi connectivity index (χ1n) is 9.85. The summed E-state index contributed by atoms with van der Waals surface area (Å²) in [6.07, 6.45) is 2.20. The van der Waals surface area contributed by atoms with E-state index in [9.17, 15) is 0 Å². The molecule has 28 heavy (non-hydrogen) atoms. The molecule has 0 heterocycles. The van der Waals surface area contributed by atoms with Gasteiger partial charge in [0.05, 0.1) is 0 Å². The lowest BCUT2D eigenvalue weighted by molar-refractivity contribution is 0.300. The Labute approximate surface area is 177 Å². The van der Waals surface area contributed by atoms with Gasteiger partial charge in [-0.2, -0.15) is 0 Å². The summed E-state index contributed by atoms with van der Waals surface area (Å²) in [6, 6.07) is 25.7. The second-order valence-corrected chi connectivity index (χ2v) is 8.19. The van der Waals surface area contributed by atoms with Gasteiger partial charge in [0.2, 0.25) is 0 Å². The highest BCUT2D eigenvalue weighted by molar-refractivity contribution is 9.10. The van der Waals surface area contributed by atoms with Crippen molar-refractivity contribution in [3.8, 4) is 5.75 Å². The first-order chi connectivity index (χ1) is 13.6. The Kier molecular flexibility index (Phi) is 7.70. The number of hydrogen-bond donors (Lipinski definition) is 1. The molecule has 1 N–H and O–H groups in total. The van der Waals surface area contributed by atoms with Crippen molar-refractivity contribution in [2.75, 3.05) is 0 Å². The van der Waals surface area contributed by atoms with Crippen molar-refractivity contribution in [3.63, 3.8) is 0 Å². The number of halogens is 1. The van der Waals surface area contributed by atoms with Gasteiger partial charge in [-0.05, 0) is 61.6 Å². The van der Waals surface area contributed by atoms with Crippen LogP contribution >= 0.6 is 15.9 Å². The van der Waals surface area contributed by atoms with E-state index in [-0.39, 0.29) is 0 Å².